The van der Waals surface area contributed by atoms with Crippen LogP contribution in [0.1, 0.15) is 27.1 Å². The van der Waals surface area contributed by atoms with Crippen LogP contribution in [-0.4, -0.2) is 40.1 Å². The smallest absolute Gasteiger partial charge is 0.273 e. The van der Waals surface area contributed by atoms with Crippen molar-refractivity contribution < 1.29 is 19.2 Å². The summed E-state index contributed by atoms with van der Waals surface area (Å²) in [6, 6.07) is 12.4. The Hall–Kier alpha value is -2.96. The van der Waals surface area contributed by atoms with Gasteiger partial charge in [0.2, 0.25) is 0 Å². The van der Waals surface area contributed by atoms with Gasteiger partial charge in [-0.3, -0.25) is 19.2 Å². The Labute approximate surface area is 206 Å². The Morgan fingerprint density at radius 1 is 0.794 bits per heavy atom. The van der Waals surface area contributed by atoms with Crippen molar-refractivity contribution in [2.24, 2.45) is 35.5 Å². The predicted molar refractivity (Wildman–Crippen MR) is 125 cm³/mol. The van der Waals surface area contributed by atoms with E-state index in [2.05, 4.69) is 12.2 Å². The number of nitrogens with zero attached hydrogens (tertiary/aromatic N) is 2. The fourth-order valence-electron chi connectivity index (χ4n) is 6.02. The maximum absolute atomic E-state index is 13.6. The van der Waals surface area contributed by atoms with Crippen molar-refractivity contribution in [3.8, 4) is 0 Å². The molecule has 2 bridgehead atoms. The highest BCUT2D eigenvalue weighted by atomic mass is 35.5. The zero-order valence-electron chi connectivity index (χ0n) is 17.9. The van der Waals surface area contributed by atoms with Crippen LogP contribution >= 0.6 is 23.2 Å². The van der Waals surface area contributed by atoms with E-state index < -0.39 is 41.9 Å². The third-order valence-electron chi connectivity index (χ3n) is 7.67. The lowest BCUT2D eigenvalue weighted by molar-refractivity contribution is -0.154. The van der Waals surface area contributed by atoms with Gasteiger partial charge in [0.25, 0.3) is 17.7 Å². The summed E-state index contributed by atoms with van der Waals surface area (Å²) in [6.45, 7) is -0.449. The molecule has 7 rings (SSSR count). The van der Waals surface area contributed by atoms with E-state index in [-0.39, 0.29) is 17.4 Å². The molecule has 4 aliphatic carbocycles. The average Bonchev–Trinajstić information content (AvgIpc) is 3.62. The number of Topliss-reactive ketones (excluding diaryl/α,β-unsaturated/α-hetero) is 1. The van der Waals surface area contributed by atoms with E-state index in [1.54, 1.807) is 36.4 Å². The largest absolute Gasteiger partial charge is 0.292 e. The van der Waals surface area contributed by atoms with E-state index in [1.165, 1.54) is 12.1 Å². The Bertz CT molecular complexity index is 1220. The zero-order chi connectivity index (χ0) is 23.7. The van der Waals surface area contributed by atoms with Gasteiger partial charge in [0.05, 0.1) is 11.8 Å². The summed E-state index contributed by atoms with van der Waals surface area (Å²) in [7, 11) is 0. The number of rotatable bonds is 5. The van der Waals surface area contributed by atoms with Crippen LogP contribution in [0.25, 0.3) is 0 Å². The van der Waals surface area contributed by atoms with Crippen molar-refractivity contribution in [3.05, 3.63) is 81.9 Å². The minimum atomic E-state index is -0.607. The van der Waals surface area contributed by atoms with Crippen molar-refractivity contribution in [1.82, 2.24) is 10.0 Å². The molecule has 3 amide bonds. The second kappa shape index (κ2) is 7.79. The first-order chi connectivity index (χ1) is 16.3. The second-order valence-electron chi connectivity index (χ2n) is 9.44. The van der Waals surface area contributed by atoms with Gasteiger partial charge in [0, 0.05) is 21.2 Å². The van der Waals surface area contributed by atoms with Crippen LogP contribution < -0.4 is 0 Å². The molecule has 6 nitrogen and oxygen atoms in total. The van der Waals surface area contributed by atoms with Crippen LogP contribution in [0.15, 0.2) is 60.7 Å². The fraction of sp³-hybridized carbons (Fsp3) is 0.308. The molecule has 8 heteroatoms. The van der Waals surface area contributed by atoms with Crippen LogP contribution in [0.4, 0.5) is 0 Å². The standard InChI is InChI=1S/C26H20Cl2N2O4/c27-15-5-1-13(2-6-15)21(31)12-29(24(32)14-3-7-16(28)8-4-14)30-25(33)22-17-9-10-18(20-11-19(17)20)23(22)26(30)34/h1-10,17-20,22-23H,11-12H2/t17-,18-,19-,20+,22-,23+/m0/s1. The molecule has 0 unspecified atom stereocenters. The summed E-state index contributed by atoms with van der Waals surface area (Å²) in [5, 5.41) is 2.87. The van der Waals surface area contributed by atoms with Crippen LogP contribution in [-0.2, 0) is 9.59 Å². The van der Waals surface area contributed by atoms with E-state index in [4.69, 9.17) is 23.2 Å². The molecule has 1 heterocycles. The summed E-state index contributed by atoms with van der Waals surface area (Å²) >= 11 is 11.9. The quantitative estimate of drug-likeness (QED) is 0.353. The number of imide groups is 1. The topological polar surface area (TPSA) is 74.8 Å². The van der Waals surface area contributed by atoms with Gasteiger partial charge in [-0.1, -0.05) is 35.4 Å². The minimum Gasteiger partial charge on any atom is -0.292 e. The molecule has 6 atom stereocenters. The predicted octanol–water partition coefficient (Wildman–Crippen LogP) is 4.29. The van der Waals surface area contributed by atoms with Crippen molar-refractivity contribution in [3.63, 3.8) is 0 Å². The van der Waals surface area contributed by atoms with E-state index >= 15 is 0 Å². The van der Waals surface area contributed by atoms with Crippen LogP contribution in [0, 0.1) is 35.5 Å². The summed E-state index contributed by atoms with van der Waals surface area (Å²) < 4.78 is 0. The lowest BCUT2D eigenvalue weighted by atomic mass is 9.63. The molecule has 0 N–H and O–H groups in total. The van der Waals surface area contributed by atoms with Crippen molar-refractivity contribution in [2.45, 2.75) is 6.42 Å². The number of benzene rings is 2. The SMILES string of the molecule is O=C(CN(C(=O)c1ccc(Cl)cc1)N1C(=O)[C@@H]2[C@H]3C=C[C@@H]([C@@H]4C[C@H]34)[C@@H]2C1=O)c1ccc(Cl)cc1. The number of hydrogen-bond acceptors (Lipinski definition) is 4. The number of ketones is 1. The number of hydrazine groups is 1. The van der Waals surface area contributed by atoms with E-state index in [0.29, 0.717) is 27.4 Å². The fourth-order valence-corrected chi connectivity index (χ4v) is 6.27. The number of hydrogen-bond donors (Lipinski definition) is 0. The molecule has 172 valence electrons. The normalized spacial score (nSPS) is 30.2. The Morgan fingerprint density at radius 3 is 1.76 bits per heavy atom. The number of carbonyl (C=O) groups is 4. The van der Waals surface area contributed by atoms with Crippen molar-refractivity contribution >= 4 is 46.7 Å². The molecule has 2 aromatic carbocycles. The first kappa shape index (κ1) is 21.6. The van der Waals surface area contributed by atoms with E-state index in [9.17, 15) is 19.2 Å². The van der Waals surface area contributed by atoms with Crippen LogP contribution in [0.2, 0.25) is 10.0 Å². The van der Waals surface area contributed by atoms with Gasteiger partial charge in [-0.2, -0.15) is 5.01 Å². The molecule has 0 spiro atoms. The second-order valence-corrected chi connectivity index (χ2v) is 10.3. The van der Waals surface area contributed by atoms with Crippen LogP contribution in [0.3, 0.4) is 0 Å². The Kier molecular flexibility index (Phi) is 4.94. The number of allylic oxidation sites excluding steroid dienone is 2. The van der Waals surface area contributed by atoms with Gasteiger partial charge >= 0.3 is 0 Å². The molecule has 2 saturated carbocycles. The van der Waals surface area contributed by atoms with Gasteiger partial charge < -0.3 is 0 Å². The highest BCUT2D eigenvalue weighted by molar-refractivity contribution is 6.31. The van der Waals surface area contributed by atoms with Crippen LogP contribution in [0.5, 0.6) is 0 Å². The maximum Gasteiger partial charge on any atom is 0.273 e. The van der Waals surface area contributed by atoms with E-state index in [1.807, 2.05) is 0 Å². The summed E-state index contributed by atoms with van der Waals surface area (Å²) in [5.74, 6) is -1.86. The third kappa shape index (κ3) is 3.23. The van der Waals surface area contributed by atoms with Gasteiger partial charge in [-0.05, 0) is 78.6 Å². The van der Waals surface area contributed by atoms with Gasteiger partial charge in [0.1, 0.15) is 6.54 Å². The molecule has 5 aliphatic rings. The Morgan fingerprint density at radius 2 is 1.26 bits per heavy atom. The Balaban J connectivity index is 1.36. The first-order valence-corrected chi connectivity index (χ1v) is 12.0. The molecular formula is C26H20Cl2N2O4. The molecule has 2 aromatic rings. The third-order valence-corrected chi connectivity index (χ3v) is 8.17. The number of carbonyl (C=O) groups excluding carboxylic acids is 4. The molecule has 1 saturated heterocycles. The van der Waals surface area contributed by atoms with Crippen molar-refractivity contribution in [1.29, 1.82) is 0 Å². The van der Waals surface area contributed by atoms with Gasteiger partial charge in [-0.15, -0.1) is 0 Å². The molecule has 0 aromatic heterocycles. The summed E-state index contributed by atoms with van der Waals surface area (Å²) in [5.41, 5.74) is 0.561. The monoisotopic (exact) mass is 494 g/mol. The molecule has 34 heavy (non-hydrogen) atoms. The summed E-state index contributed by atoms with van der Waals surface area (Å²) in [6.07, 6.45) is 5.18. The first-order valence-electron chi connectivity index (χ1n) is 11.3. The molecule has 1 aliphatic heterocycles. The highest BCUT2D eigenvalue weighted by Gasteiger charge is 2.68. The van der Waals surface area contributed by atoms with E-state index in [0.717, 1.165) is 16.4 Å². The van der Waals surface area contributed by atoms with Crippen molar-refractivity contribution in [2.75, 3.05) is 6.54 Å². The molecular weight excluding hydrogens is 475 g/mol. The van der Waals surface area contributed by atoms with Gasteiger partial charge in [-0.25, -0.2) is 5.01 Å². The summed E-state index contributed by atoms with van der Waals surface area (Å²) in [4.78, 5) is 53.9. The lowest BCUT2D eigenvalue weighted by Gasteiger charge is -2.37. The van der Waals surface area contributed by atoms with Gasteiger partial charge in [0.15, 0.2) is 5.78 Å². The average molecular weight is 495 g/mol. The zero-order valence-corrected chi connectivity index (χ0v) is 19.4. The highest BCUT2D eigenvalue weighted by Crippen LogP contribution is 2.65. The lowest BCUT2D eigenvalue weighted by Crippen LogP contribution is -2.52. The number of amides is 3. The maximum atomic E-state index is 13.6. The minimum absolute atomic E-state index is 0.0147. The molecule has 3 fully saturated rings. The number of halogens is 2. The molecule has 0 radical (unpaired) electrons.